The van der Waals surface area contributed by atoms with E-state index in [-0.39, 0.29) is 0 Å². The molecule has 0 spiro atoms. The highest BCUT2D eigenvalue weighted by Gasteiger charge is 2.33. The van der Waals surface area contributed by atoms with Crippen molar-refractivity contribution in [1.82, 2.24) is 0 Å². The van der Waals surface area contributed by atoms with Crippen LogP contribution in [0, 0.1) is 0 Å². The summed E-state index contributed by atoms with van der Waals surface area (Å²) in [5.41, 5.74) is 2.50. The first-order valence-electron chi connectivity index (χ1n) is 7.27. The average molecular weight is 294 g/mol. The summed E-state index contributed by atoms with van der Waals surface area (Å²) in [5, 5.41) is 0. The van der Waals surface area contributed by atoms with Crippen molar-refractivity contribution in [3.8, 4) is 0 Å². The molecule has 0 saturated heterocycles. The van der Waals surface area contributed by atoms with E-state index in [1.165, 1.54) is 11.1 Å². The molecule has 0 atom stereocenters. The van der Waals surface area contributed by atoms with Crippen molar-refractivity contribution in [2.45, 2.75) is 33.2 Å². The third kappa shape index (κ3) is 5.59. The Hall–Kier alpha value is -0.943. The van der Waals surface area contributed by atoms with Crippen molar-refractivity contribution in [1.29, 1.82) is 0 Å². The molecule has 0 aliphatic heterocycles. The molecule has 0 aliphatic carbocycles. The lowest BCUT2D eigenvalue weighted by atomic mass is 10.0. The molecule has 0 heterocycles. The van der Waals surface area contributed by atoms with E-state index in [1.54, 1.807) is 0 Å². The smallest absolute Gasteiger partial charge is 0.374 e. The van der Waals surface area contributed by atoms with Crippen LogP contribution in [-0.4, -0.2) is 28.6 Å². The van der Waals surface area contributed by atoms with Gasteiger partial charge >= 0.3 is 8.80 Å². The van der Waals surface area contributed by atoms with Gasteiger partial charge in [0.15, 0.2) is 0 Å². The molecule has 1 aromatic rings. The zero-order valence-electron chi connectivity index (χ0n) is 12.9. The van der Waals surface area contributed by atoms with Gasteiger partial charge in [-0.2, -0.15) is 0 Å². The van der Waals surface area contributed by atoms with Crippen LogP contribution in [0.15, 0.2) is 30.8 Å². The third-order valence-electron chi connectivity index (χ3n) is 3.04. The maximum Gasteiger partial charge on any atom is 0.497 e. The maximum absolute atomic E-state index is 5.87. The fourth-order valence-electron chi connectivity index (χ4n) is 2.13. The molecule has 0 unspecified atom stereocenters. The predicted molar refractivity (Wildman–Crippen MR) is 85.7 cm³/mol. The molecule has 112 valence electrons. The molecule has 0 bridgehead atoms. The monoisotopic (exact) mass is 294 g/mol. The van der Waals surface area contributed by atoms with Crippen molar-refractivity contribution < 1.29 is 13.3 Å². The fourth-order valence-corrected chi connectivity index (χ4v) is 3.94. The Kier molecular flexibility index (Phi) is 7.77. The number of aryl methyl sites for hydroxylation is 1. The van der Waals surface area contributed by atoms with Crippen LogP contribution in [0.3, 0.4) is 0 Å². The van der Waals surface area contributed by atoms with Gasteiger partial charge in [0.05, 0.1) is 0 Å². The van der Waals surface area contributed by atoms with Crippen molar-refractivity contribution >= 4 is 14.9 Å². The zero-order chi connectivity index (χ0) is 14.8. The Morgan fingerprint density at radius 2 is 1.75 bits per heavy atom. The normalized spacial score (nSPS) is 11.6. The molecule has 0 fully saturated rings. The van der Waals surface area contributed by atoms with Crippen molar-refractivity contribution in [2.75, 3.05) is 19.8 Å². The minimum absolute atomic E-state index is 0.627. The van der Waals surface area contributed by atoms with Crippen LogP contribution < -0.4 is 0 Å². The first kappa shape index (κ1) is 17.1. The lowest BCUT2D eigenvalue weighted by Gasteiger charge is -2.25. The molecule has 1 rings (SSSR count). The second-order valence-electron chi connectivity index (χ2n) is 4.58. The van der Waals surface area contributed by atoms with Crippen LogP contribution in [0.25, 0.3) is 6.08 Å². The second-order valence-corrected chi connectivity index (χ2v) is 7.17. The van der Waals surface area contributed by atoms with Crippen LogP contribution in [-0.2, 0) is 19.7 Å². The maximum atomic E-state index is 5.87. The summed E-state index contributed by atoms with van der Waals surface area (Å²) in [6.45, 7) is 11.6. The summed E-state index contributed by atoms with van der Waals surface area (Å²) in [4.78, 5) is 0. The first-order chi connectivity index (χ1) is 9.65. The lowest BCUT2D eigenvalue weighted by molar-refractivity contribution is 0.0730. The van der Waals surface area contributed by atoms with E-state index in [0.717, 1.165) is 12.8 Å². The topological polar surface area (TPSA) is 27.7 Å². The Morgan fingerprint density at radius 3 is 2.35 bits per heavy atom. The van der Waals surface area contributed by atoms with E-state index in [4.69, 9.17) is 13.3 Å². The second kappa shape index (κ2) is 9.08. The molecule has 0 amide bonds. The van der Waals surface area contributed by atoms with Gasteiger partial charge in [-0.15, -0.1) is 0 Å². The molecule has 0 aliphatic rings. The van der Waals surface area contributed by atoms with Crippen LogP contribution in [0.1, 0.15) is 31.4 Å². The number of hydrogen-bond acceptors (Lipinski definition) is 3. The van der Waals surface area contributed by atoms with Crippen LogP contribution in [0.2, 0.25) is 6.55 Å². The predicted octanol–water partition coefficient (Wildman–Crippen LogP) is 3.92. The minimum Gasteiger partial charge on any atom is -0.374 e. The average Bonchev–Trinajstić information content (AvgIpc) is 2.44. The van der Waals surface area contributed by atoms with Gasteiger partial charge in [0.2, 0.25) is 0 Å². The van der Waals surface area contributed by atoms with Gasteiger partial charge in [-0.1, -0.05) is 36.9 Å². The molecule has 20 heavy (non-hydrogen) atoms. The van der Waals surface area contributed by atoms with Gasteiger partial charge in [-0.25, -0.2) is 0 Å². The van der Waals surface area contributed by atoms with Crippen LogP contribution in [0.5, 0.6) is 0 Å². The van der Waals surface area contributed by atoms with Gasteiger partial charge < -0.3 is 13.3 Å². The Balaban J connectivity index is 2.41. The van der Waals surface area contributed by atoms with Crippen molar-refractivity contribution in [3.63, 3.8) is 0 Å². The molecular formula is C16H26O3Si. The van der Waals surface area contributed by atoms with Gasteiger partial charge in [0, 0.05) is 26.4 Å². The molecule has 0 saturated carbocycles. The molecular weight excluding hydrogens is 268 g/mol. The lowest BCUT2D eigenvalue weighted by Crippen LogP contribution is -2.42. The Morgan fingerprint density at radius 1 is 1.10 bits per heavy atom. The summed E-state index contributed by atoms with van der Waals surface area (Å²) in [6.07, 6.45) is 3.83. The molecule has 3 nitrogen and oxygen atoms in total. The molecule has 4 heteroatoms. The highest BCUT2D eigenvalue weighted by molar-refractivity contribution is 6.59. The van der Waals surface area contributed by atoms with Gasteiger partial charge in [-0.3, -0.25) is 0 Å². The van der Waals surface area contributed by atoms with Gasteiger partial charge in [-0.05, 0) is 37.8 Å². The van der Waals surface area contributed by atoms with Crippen LogP contribution in [0.4, 0.5) is 0 Å². The molecule has 1 aromatic carbocycles. The summed E-state index contributed by atoms with van der Waals surface area (Å²) in [6, 6.07) is 8.31. The SMILES string of the molecule is C=Cc1ccccc1CCCO[Si](C)(OCC)OCC. The quantitative estimate of drug-likeness (QED) is 0.483. The van der Waals surface area contributed by atoms with E-state index in [2.05, 4.69) is 24.8 Å². The van der Waals surface area contributed by atoms with E-state index >= 15 is 0 Å². The summed E-state index contributed by atoms with van der Waals surface area (Å²) >= 11 is 0. The molecule has 0 radical (unpaired) electrons. The number of rotatable bonds is 10. The summed E-state index contributed by atoms with van der Waals surface area (Å²) in [7, 11) is -2.43. The molecule has 0 N–H and O–H groups in total. The minimum atomic E-state index is -2.43. The summed E-state index contributed by atoms with van der Waals surface area (Å²) < 4.78 is 17.2. The van der Waals surface area contributed by atoms with Gasteiger partial charge in [0.25, 0.3) is 0 Å². The highest BCUT2D eigenvalue weighted by Crippen LogP contribution is 2.14. The van der Waals surface area contributed by atoms with E-state index < -0.39 is 8.80 Å². The van der Waals surface area contributed by atoms with E-state index in [9.17, 15) is 0 Å². The van der Waals surface area contributed by atoms with Crippen molar-refractivity contribution in [2.24, 2.45) is 0 Å². The van der Waals surface area contributed by atoms with Crippen molar-refractivity contribution in [3.05, 3.63) is 42.0 Å². The number of hydrogen-bond donors (Lipinski definition) is 0. The standard InChI is InChI=1S/C16H26O3Si/c1-5-15-11-8-9-12-16(15)13-10-14-19-20(4,17-6-2)18-7-3/h5,8-9,11-12H,1,6-7,10,13-14H2,2-4H3. The molecule has 0 aromatic heterocycles. The fraction of sp³-hybridized carbons (Fsp3) is 0.500. The van der Waals surface area contributed by atoms with Crippen LogP contribution >= 0.6 is 0 Å². The van der Waals surface area contributed by atoms with Gasteiger partial charge in [0.1, 0.15) is 0 Å². The zero-order valence-corrected chi connectivity index (χ0v) is 13.9. The largest absolute Gasteiger partial charge is 0.497 e. The Labute approximate surface area is 123 Å². The summed E-state index contributed by atoms with van der Waals surface area (Å²) in [5.74, 6) is 0. The van der Waals surface area contributed by atoms with E-state index in [0.29, 0.717) is 19.8 Å². The number of benzene rings is 1. The highest BCUT2D eigenvalue weighted by atomic mass is 28.4. The Bertz CT molecular complexity index is 400. The third-order valence-corrected chi connectivity index (χ3v) is 5.40. The van der Waals surface area contributed by atoms with E-state index in [1.807, 2.05) is 32.5 Å². The first-order valence-corrected chi connectivity index (χ1v) is 9.50.